The quantitative estimate of drug-likeness (QED) is 0.808. The Morgan fingerprint density at radius 3 is 2.25 bits per heavy atom. The standard InChI is InChI=1S/C12H15F2NO4S/c1-2-8(7-11(16)17)15-9-3-5-10(6-4-9)20(18,19)12(13)14/h3-6,8,12,15H,2,7H2,1H3,(H,16,17). The van der Waals surface area contributed by atoms with Crippen molar-refractivity contribution in [1.29, 1.82) is 0 Å². The van der Waals surface area contributed by atoms with Crippen LogP contribution in [-0.2, 0) is 14.6 Å². The van der Waals surface area contributed by atoms with Crippen LogP contribution in [0.1, 0.15) is 19.8 Å². The van der Waals surface area contributed by atoms with Crippen LogP contribution < -0.4 is 5.32 Å². The molecule has 0 fully saturated rings. The second-order valence-corrected chi connectivity index (χ2v) is 6.10. The van der Waals surface area contributed by atoms with Gasteiger partial charge in [-0.15, -0.1) is 0 Å². The first kappa shape index (κ1) is 16.4. The minimum Gasteiger partial charge on any atom is -0.481 e. The first-order valence-electron chi connectivity index (χ1n) is 5.87. The second kappa shape index (κ2) is 6.65. The van der Waals surface area contributed by atoms with Gasteiger partial charge in [-0.25, -0.2) is 8.42 Å². The molecule has 1 rings (SSSR count). The Kier molecular flexibility index (Phi) is 5.43. The fourth-order valence-electron chi connectivity index (χ4n) is 1.59. The SMILES string of the molecule is CCC(CC(=O)O)Nc1ccc(S(=O)(=O)C(F)F)cc1. The first-order chi connectivity index (χ1) is 9.27. The highest BCUT2D eigenvalue weighted by molar-refractivity contribution is 7.91. The Balaban J connectivity index is 2.84. The summed E-state index contributed by atoms with van der Waals surface area (Å²) in [7, 11) is -4.60. The summed E-state index contributed by atoms with van der Waals surface area (Å²) in [6, 6.07) is 4.49. The van der Waals surface area contributed by atoms with Gasteiger partial charge in [-0.3, -0.25) is 4.79 Å². The third kappa shape index (κ3) is 4.16. The molecule has 20 heavy (non-hydrogen) atoms. The van der Waals surface area contributed by atoms with E-state index in [0.717, 1.165) is 12.1 Å². The number of carbonyl (C=O) groups is 1. The summed E-state index contributed by atoms with van der Waals surface area (Å²) in [5.74, 6) is -4.42. The number of benzene rings is 1. The normalized spacial score (nSPS) is 13.2. The van der Waals surface area contributed by atoms with E-state index in [1.54, 1.807) is 6.92 Å². The highest BCUT2D eigenvalue weighted by atomic mass is 32.2. The Morgan fingerprint density at radius 2 is 1.85 bits per heavy atom. The smallest absolute Gasteiger partial charge is 0.341 e. The molecule has 2 N–H and O–H groups in total. The molecular formula is C12H15F2NO4S. The van der Waals surface area contributed by atoms with Crippen LogP contribution in [0.3, 0.4) is 0 Å². The van der Waals surface area contributed by atoms with Gasteiger partial charge >= 0.3 is 11.7 Å². The van der Waals surface area contributed by atoms with Crippen molar-refractivity contribution in [1.82, 2.24) is 0 Å². The van der Waals surface area contributed by atoms with E-state index in [0.29, 0.717) is 12.1 Å². The highest BCUT2D eigenvalue weighted by Crippen LogP contribution is 2.21. The number of alkyl halides is 2. The van der Waals surface area contributed by atoms with Crippen LogP contribution in [-0.4, -0.2) is 31.3 Å². The van der Waals surface area contributed by atoms with Crippen molar-refractivity contribution in [2.75, 3.05) is 5.32 Å². The van der Waals surface area contributed by atoms with Crippen LogP contribution in [0.2, 0.25) is 0 Å². The number of sulfone groups is 1. The molecule has 0 aliphatic carbocycles. The van der Waals surface area contributed by atoms with Crippen molar-refractivity contribution in [3.05, 3.63) is 24.3 Å². The number of carboxylic acid groups (broad SMARTS) is 1. The molecule has 8 heteroatoms. The molecular weight excluding hydrogens is 292 g/mol. The van der Waals surface area contributed by atoms with Crippen molar-refractivity contribution < 1.29 is 27.1 Å². The van der Waals surface area contributed by atoms with E-state index in [9.17, 15) is 22.0 Å². The van der Waals surface area contributed by atoms with Crippen LogP contribution in [0.5, 0.6) is 0 Å². The van der Waals surface area contributed by atoms with E-state index in [1.165, 1.54) is 12.1 Å². The van der Waals surface area contributed by atoms with Gasteiger partial charge in [0.15, 0.2) is 0 Å². The third-order valence-corrected chi connectivity index (χ3v) is 4.10. The number of anilines is 1. The van der Waals surface area contributed by atoms with Crippen LogP contribution in [0.15, 0.2) is 29.2 Å². The monoisotopic (exact) mass is 307 g/mol. The lowest BCUT2D eigenvalue weighted by Gasteiger charge is -2.16. The van der Waals surface area contributed by atoms with E-state index < -0.39 is 26.5 Å². The third-order valence-electron chi connectivity index (χ3n) is 2.70. The van der Waals surface area contributed by atoms with Gasteiger partial charge in [0.25, 0.3) is 0 Å². The predicted molar refractivity (Wildman–Crippen MR) is 69.6 cm³/mol. The van der Waals surface area contributed by atoms with Crippen molar-refractivity contribution >= 4 is 21.5 Å². The molecule has 0 radical (unpaired) electrons. The molecule has 5 nitrogen and oxygen atoms in total. The van der Waals surface area contributed by atoms with Gasteiger partial charge in [0.1, 0.15) is 0 Å². The lowest BCUT2D eigenvalue weighted by Crippen LogP contribution is -2.22. The van der Waals surface area contributed by atoms with Gasteiger partial charge in [-0.1, -0.05) is 6.92 Å². The summed E-state index contributed by atoms with van der Waals surface area (Å²) in [5, 5.41) is 11.6. The Bertz CT molecular complexity index is 557. The summed E-state index contributed by atoms with van der Waals surface area (Å²) in [5.41, 5.74) is 0.478. The number of hydrogen-bond acceptors (Lipinski definition) is 4. The molecule has 0 amide bonds. The summed E-state index contributed by atoms with van der Waals surface area (Å²) in [4.78, 5) is 10.1. The molecule has 1 unspecified atom stereocenters. The molecule has 0 spiro atoms. The van der Waals surface area contributed by atoms with E-state index in [2.05, 4.69) is 5.32 Å². The minimum atomic E-state index is -4.60. The first-order valence-corrected chi connectivity index (χ1v) is 7.42. The van der Waals surface area contributed by atoms with Gasteiger partial charge < -0.3 is 10.4 Å². The maximum Gasteiger partial charge on any atom is 0.341 e. The van der Waals surface area contributed by atoms with Crippen molar-refractivity contribution in [3.63, 3.8) is 0 Å². The average Bonchev–Trinajstić information content (AvgIpc) is 2.37. The van der Waals surface area contributed by atoms with Gasteiger partial charge in [-0.05, 0) is 30.7 Å². The zero-order chi connectivity index (χ0) is 15.3. The van der Waals surface area contributed by atoms with E-state index >= 15 is 0 Å². The average molecular weight is 307 g/mol. The second-order valence-electron chi connectivity index (χ2n) is 4.18. The topological polar surface area (TPSA) is 83.5 Å². The number of hydrogen-bond donors (Lipinski definition) is 2. The van der Waals surface area contributed by atoms with Gasteiger partial charge in [0.2, 0.25) is 9.84 Å². The van der Waals surface area contributed by atoms with Crippen molar-refractivity contribution in [3.8, 4) is 0 Å². The molecule has 1 atom stereocenters. The summed E-state index contributed by atoms with van der Waals surface area (Å²) in [6.07, 6.45) is 0.469. The van der Waals surface area contributed by atoms with Crippen molar-refractivity contribution in [2.24, 2.45) is 0 Å². The van der Waals surface area contributed by atoms with Gasteiger partial charge in [0, 0.05) is 11.7 Å². The van der Waals surface area contributed by atoms with Crippen LogP contribution in [0.4, 0.5) is 14.5 Å². The van der Waals surface area contributed by atoms with Crippen LogP contribution >= 0.6 is 0 Å². The molecule has 0 aromatic heterocycles. The van der Waals surface area contributed by atoms with E-state index in [4.69, 9.17) is 5.11 Å². The molecule has 0 aliphatic rings. The van der Waals surface area contributed by atoms with Gasteiger partial charge in [-0.2, -0.15) is 8.78 Å². The summed E-state index contributed by atoms with van der Waals surface area (Å²) < 4.78 is 47.1. The number of aliphatic carboxylic acids is 1. The van der Waals surface area contributed by atoms with E-state index in [-0.39, 0.29) is 12.5 Å². The minimum absolute atomic E-state index is 0.0897. The Hall–Kier alpha value is -1.70. The molecule has 0 saturated heterocycles. The zero-order valence-corrected chi connectivity index (χ0v) is 11.5. The lowest BCUT2D eigenvalue weighted by molar-refractivity contribution is -0.137. The highest BCUT2D eigenvalue weighted by Gasteiger charge is 2.26. The molecule has 0 saturated carbocycles. The Labute approximate surface area is 115 Å². The van der Waals surface area contributed by atoms with Crippen molar-refractivity contribution in [2.45, 2.75) is 36.5 Å². The van der Waals surface area contributed by atoms with Crippen LogP contribution in [0, 0.1) is 0 Å². The fraction of sp³-hybridized carbons (Fsp3) is 0.417. The largest absolute Gasteiger partial charge is 0.481 e. The van der Waals surface area contributed by atoms with Gasteiger partial charge in [0.05, 0.1) is 11.3 Å². The van der Waals surface area contributed by atoms with Crippen LogP contribution in [0.25, 0.3) is 0 Å². The predicted octanol–water partition coefficient (Wildman–Crippen LogP) is 2.35. The molecule has 0 aliphatic heterocycles. The number of halogens is 2. The summed E-state index contributed by atoms with van der Waals surface area (Å²) in [6.45, 7) is 1.80. The number of carboxylic acids is 1. The lowest BCUT2D eigenvalue weighted by atomic mass is 10.1. The molecule has 0 heterocycles. The number of nitrogens with one attached hydrogen (secondary N) is 1. The maximum atomic E-state index is 12.3. The molecule has 1 aromatic carbocycles. The van der Waals surface area contributed by atoms with E-state index in [1.807, 2.05) is 0 Å². The molecule has 0 bridgehead atoms. The Morgan fingerprint density at radius 1 is 1.30 bits per heavy atom. The molecule has 112 valence electrons. The number of rotatable bonds is 7. The maximum absolute atomic E-state index is 12.3. The zero-order valence-electron chi connectivity index (χ0n) is 10.7. The fourth-order valence-corrected chi connectivity index (χ4v) is 2.31. The molecule has 1 aromatic rings. The summed E-state index contributed by atoms with van der Waals surface area (Å²) >= 11 is 0.